The third-order valence-corrected chi connectivity index (χ3v) is 28.8. The Morgan fingerprint density at radius 1 is 0.389 bits per heavy atom. The van der Waals surface area contributed by atoms with Gasteiger partial charge in [-0.05, 0) is 90.0 Å². The van der Waals surface area contributed by atoms with Crippen molar-refractivity contribution < 1.29 is 141 Å². The summed E-state index contributed by atoms with van der Waals surface area (Å²) in [6, 6.07) is 0. The minimum absolute atomic E-state index is 0.137. The Labute approximate surface area is 729 Å². The molecular formula is C64H81Cl5F6N13O33P5. The minimum atomic E-state index is -4.09. The fourth-order valence-corrected chi connectivity index (χ4v) is 23.3. The maximum Gasteiger partial charge on any atom is 0.475 e. The molecule has 0 radical (unpaired) electrons. The number of hydrogen-bond acceptors (Lipinski definition) is 37. The van der Waals surface area contributed by atoms with Gasteiger partial charge in [0.2, 0.25) is 5.82 Å². The summed E-state index contributed by atoms with van der Waals surface area (Å²) in [5.41, 5.74) is -0.171. The number of rotatable bonds is 15. The molecule has 10 aliphatic rings. The van der Waals surface area contributed by atoms with Crippen molar-refractivity contribution in [3.8, 4) is 0 Å². The molecule has 10 fully saturated rings. The smallest absolute Gasteiger partial charge is 0.382 e. The molecule has 0 spiro atoms. The Kier molecular flexibility index (Phi) is 29.3. The van der Waals surface area contributed by atoms with Crippen LogP contribution in [0, 0.1) is 26.6 Å². The molecule has 16 heterocycles. The summed E-state index contributed by atoms with van der Waals surface area (Å²) < 4.78 is 260. The van der Waals surface area contributed by atoms with E-state index in [0.717, 1.165) is 32.3 Å². The van der Waals surface area contributed by atoms with E-state index < -0.39 is 238 Å². The van der Waals surface area contributed by atoms with E-state index in [-0.39, 0.29) is 66.7 Å². The highest BCUT2D eigenvalue weighted by Crippen LogP contribution is 2.66. The van der Waals surface area contributed by atoms with Crippen LogP contribution in [0.2, 0.25) is 0 Å². The van der Waals surface area contributed by atoms with Crippen LogP contribution in [0.15, 0.2) is 75.8 Å². The Hall–Kier alpha value is -5.55. The molecular weight excluding hydrogens is 1920 g/mol. The van der Waals surface area contributed by atoms with Gasteiger partial charge in [0.15, 0.2) is 73.1 Å². The average Bonchev–Trinajstić information content (AvgIpc) is 1.60. The SMILES string of the molecule is CC(C)OP1(=O)OC[C@H]2O[C@@H](n3cnc4c(N)ncnc43)[C@](F)(Cl)[C@@H]2O1.CC(C)O[P@]1(=O)OC[C@H]2O[C@@H](n3cc(F)c(=O)[nH]c3=O)[C@](F)(Cl)[C@@H]2O1.Cc1cn([C@@H]2O[C@@H]3COP(=O)(OC(C)C)O[C@H]3[C@@]2(F)Cl)c(=O)[nH]c1=O.Cc1cn([C@@H]2O[C@@H]3CO[P@@](=O)(OC(C)C)O[C@H]3[C@@]2(F)Cl)c(=O)[nH]c1=O.Cc1cn([C@@H]2O[C@@H]3CO[P@](=O)(OC(C)C)O[C@H]3[C@@]2(F)Cl)c(=O)[nH]c1=O. The summed E-state index contributed by atoms with van der Waals surface area (Å²) in [6.07, 6.45) is -16.6. The Morgan fingerprint density at radius 2 is 0.619 bits per heavy atom. The molecule has 6 aromatic rings. The molecule has 10 aliphatic heterocycles. The third kappa shape index (κ3) is 20.6. The highest BCUT2D eigenvalue weighted by molar-refractivity contribution is 7.49. The number of hydrogen-bond donors (Lipinski definition) is 5. The molecule has 25 atom stereocenters. The van der Waals surface area contributed by atoms with E-state index in [4.69, 9.17) is 155 Å². The number of nitrogens with zero attached hydrogens (tertiary/aromatic N) is 8. The number of nitrogens with two attached hydrogens (primary N) is 1. The molecule has 126 heavy (non-hydrogen) atoms. The van der Waals surface area contributed by atoms with Crippen LogP contribution in [0.1, 0.15) is 117 Å². The summed E-state index contributed by atoms with van der Waals surface area (Å²) in [6.45, 7) is 19.0. The number of halogens is 11. The zero-order valence-corrected chi connectivity index (χ0v) is 75.8. The Morgan fingerprint density at radius 3 is 0.865 bits per heavy atom. The van der Waals surface area contributed by atoms with E-state index in [0.29, 0.717) is 10.8 Å². The van der Waals surface area contributed by atoms with E-state index >= 15 is 22.0 Å². The highest BCUT2D eigenvalue weighted by Gasteiger charge is 2.69. The number of aryl methyl sites for hydroxylation is 3. The molecule has 6 aromatic heterocycles. The Bertz CT molecular complexity index is 5320. The van der Waals surface area contributed by atoms with E-state index in [2.05, 4.69) is 15.0 Å². The summed E-state index contributed by atoms with van der Waals surface area (Å²) in [7, 11) is -20.1. The quantitative estimate of drug-likeness (QED) is 0.0366. The van der Waals surface area contributed by atoms with E-state index in [1.165, 1.54) is 38.0 Å². The van der Waals surface area contributed by atoms with Crippen LogP contribution >= 0.6 is 97.1 Å². The van der Waals surface area contributed by atoms with Crippen LogP contribution in [-0.2, 0) is 114 Å². The number of phosphoric ester groups is 5. The molecule has 0 bridgehead atoms. The van der Waals surface area contributed by atoms with Crippen LogP contribution < -0.4 is 50.7 Å². The monoisotopic (exact) mass is 2000 g/mol. The highest BCUT2D eigenvalue weighted by atomic mass is 35.5. The number of aromatic amines is 4. The number of nitrogens with one attached hydrogen (secondary N) is 4. The molecule has 46 nitrogen and oxygen atoms in total. The van der Waals surface area contributed by atoms with Crippen molar-refractivity contribution in [2.75, 3.05) is 38.8 Å². The first-order valence-corrected chi connectivity index (χ1v) is 46.7. The lowest BCUT2D eigenvalue weighted by atomic mass is 10.1. The number of alkyl halides is 10. The maximum absolute atomic E-state index is 15.4. The fraction of sp³-hybridized carbons (Fsp3) is 0.672. The van der Waals surface area contributed by atoms with Gasteiger partial charge in [0.05, 0.1) is 76.1 Å². The van der Waals surface area contributed by atoms with Gasteiger partial charge in [0.1, 0.15) is 42.4 Å². The molecule has 16 rings (SSSR count). The predicted molar refractivity (Wildman–Crippen MR) is 420 cm³/mol. The number of phosphoric acid groups is 5. The summed E-state index contributed by atoms with van der Waals surface area (Å²) in [5.74, 6) is -1.20. The van der Waals surface area contributed by atoms with Crippen LogP contribution in [-0.4, -0.2) is 208 Å². The second-order valence-corrected chi connectivity index (χ2v) is 41.1. The molecule has 62 heteroatoms. The predicted octanol–water partition coefficient (Wildman–Crippen LogP) is 8.37. The first kappa shape index (κ1) is 99.5. The number of fused-ring (bicyclic) bond motifs is 6. The van der Waals surface area contributed by atoms with Gasteiger partial charge >= 0.3 is 61.9 Å². The first-order chi connectivity index (χ1) is 58.3. The van der Waals surface area contributed by atoms with Crippen LogP contribution in [0.5, 0.6) is 0 Å². The van der Waals surface area contributed by atoms with Gasteiger partial charge in [-0.2, -0.15) is 4.39 Å². The molecule has 702 valence electrons. The number of anilines is 1. The molecule has 0 aromatic carbocycles. The number of imidazole rings is 1. The van der Waals surface area contributed by atoms with Gasteiger partial charge in [-0.25, -0.2) is 78.9 Å². The van der Waals surface area contributed by atoms with Crippen molar-refractivity contribution in [1.29, 1.82) is 0 Å². The lowest BCUT2D eigenvalue weighted by Gasteiger charge is -2.33. The maximum atomic E-state index is 15.4. The second kappa shape index (κ2) is 37.1. The molecule has 2 unspecified atom stereocenters. The van der Waals surface area contributed by atoms with Gasteiger partial charge < -0.3 is 29.4 Å². The van der Waals surface area contributed by atoms with Gasteiger partial charge in [0.25, 0.3) is 47.9 Å². The van der Waals surface area contributed by atoms with Crippen molar-refractivity contribution >= 4 is 114 Å². The summed E-state index contributed by atoms with van der Waals surface area (Å²) in [5, 5.41) is -13.7. The van der Waals surface area contributed by atoms with Crippen LogP contribution in [0.4, 0.5) is 32.2 Å². The minimum Gasteiger partial charge on any atom is -0.382 e. The average molecular weight is 2010 g/mol. The van der Waals surface area contributed by atoms with Gasteiger partial charge in [0, 0.05) is 35.3 Å². The van der Waals surface area contributed by atoms with Crippen molar-refractivity contribution in [3.63, 3.8) is 0 Å². The van der Waals surface area contributed by atoms with Crippen molar-refractivity contribution in [3.05, 3.63) is 143 Å². The summed E-state index contributed by atoms with van der Waals surface area (Å²) >= 11 is 29.9. The standard InChI is InChI=1S/C13H16ClFN5O5P.3C13H17ClFN2O7P.C12H14ClF2N2O7P/c1-6(2)24-26(21)22-3-7-9(25-26)13(14,15)12(23-7)20-5-19-8-10(16)17-4-18-11(8)20;3*1-6(2)23-25(20)21-5-8-9(24-25)13(14,15)11(22-8)17-4-7(3)10(18)16-12(17)19;1-5(2)23-25(20)21-4-7-8(24-25)12(13,15)10(22-7)17-3-6(14)9(18)16-11(17)19/h4-7,9,12H,3H2,1-2H3,(H2,16,17,18);3*4,6,8-9,11H,5H2,1-3H3,(H,16,18,19);3,5,7-8,10H,4H2,1-2H3,(H,16,18,19)/t7-,9-,12-,13+,26?;8-,9-,11-,13+,25?;8-,9-,11-,13+,25+;8-,9-,11-,13+,25-;7-,8-,10-,12+,25+/m11111/s1. The lowest BCUT2D eigenvalue weighted by molar-refractivity contribution is -0.0751. The number of ether oxygens (including phenoxy) is 5. The molecule has 6 N–H and O–H groups in total. The molecule has 0 amide bonds. The lowest BCUT2D eigenvalue weighted by Crippen LogP contribution is -2.45. The summed E-state index contributed by atoms with van der Waals surface area (Å²) in [4.78, 5) is 113. The zero-order valence-electron chi connectivity index (χ0n) is 67.6. The van der Waals surface area contributed by atoms with Crippen molar-refractivity contribution in [2.45, 2.75) is 238 Å². The molecule has 10 saturated heterocycles. The van der Waals surface area contributed by atoms with Crippen molar-refractivity contribution in [1.82, 2.24) is 57.7 Å². The van der Waals surface area contributed by atoms with Crippen LogP contribution in [0.3, 0.4) is 0 Å². The Balaban J connectivity index is 0.000000143. The van der Waals surface area contributed by atoms with E-state index in [9.17, 15) is 65.6 Å². The molecule has 0 aliphatic carbocycles. The fourth-order valence-electron chi connectivity index (χ4n) is 13.4. The first-order valence-electron chi connectivity index (χ1n) is 37.5. The third-order valence-electron chi connectivity index (χ3n) is 18.7. The topological polar surface area (TPSA) is 559 Å². The number of nitrogen functional groups attached to an aromatic ring is 1. The van der Waals surface area contributed by atoms with Crippen molar-refractivity contribution in [2.24, 2.45) is 0 Å². The number of H-pyrrole nitrogens is 4. The molecule has 0 saturated carbocycles. The van der Waals surface area contributed by atoms with Crippen LogP contribution in [0.25, 0.3) is 11.2 Å². The normalized spacial score (nSPS) is 37.9. The van der Waals surface area contributed by atoms with Gasteiger partial charge in [-0.3, -0.25) is 130 Å². The number of aromatic nitrogens is 12. The van der Waals surface area contributed by atoms with Gasteiger partial charge in [-0.15, -0.1) is 0 Å². The largest absolute Gasteiger partial charge is 0.475 e. The van der Waals surface area contributed by atoms with Gasteiger partial charge in [-0.1, -0.05) is 58.0 Å². The second-order valence-electron chi connectivity index (χ2n) is 30.3. The van der Waals surface area contributed by atoms with E-state index in [1.807, 2.05) is 15.0 Å². The van der Waals surface area contributed by atoms with E-state index in [1.54, 1.807) is 74.2 Å². The zero-order chi connectivity index (χ0) is 93.0.